The Morgan fingerprint density at radius 1 is 1.14 bits per heavy atom. The molecule has 6 rings (SSSR count). The molecule has 8 nitrogen and oxygen atoms in total. The van der Waals surface area contributed by atoms with E-state index in [0.717, 1.165) is 33.1 Å². The Hall–Kier alpha value is -4.07. The molecule has 1 saturated heterocycles. The molecule has 36 heavy (non-hydrogen) atoms. The summed E-state index contributed by atoms with van der Waals surface area (Å²) in [6, 6.07) is 13.4. The molecular weight excluding hydrogens is 458 g/mol. The number of ether oxygens (including phenoxy) is 1. The molecule has 0 radical (unpaired) electrons. The van der Waals surface area contributed by atoms with Crippen LogP contribution in [0.15, 0.2) is 59.2 Å². The zero-order valence-electron chi connectivity index (χ0n) is 20.3. The summed E-state index contributed by atoms with van der Waals surface area (Å²) in [7, 11) is 0. The number of piperazine rings is 1. The number of para-hydroxylation sites is 1. The van der Waals surface area contributed by atoms with Crippen LogP contribution >= 0.6 is 0 Å². The second kappa shape index (κ2) is 7.98. The third-order valence-electron chi connectivity index (χ3n) is 6.89. The molecule has 2 aromatic carbocycles. The maximum Gasteiger partial charge on any atom is 0.308 e. The van der Waals surface area contributed by atoms with Gasteiger partial charge in [-0.3, -0.25) is 14.4 Å². The summed E-state index contributed by atoms with van der Waals surface area (Å²) >= 11 is 0. The lowest BCUT2D eigenvalue weighted by Gasteiger charge is -2.46. The summed E-state index contributed by atoms with van der Waals surface area (Å²) in [4.78, 5) is 45.0. The molecule has 2 N–H and O–H groups in total. The highest BCUT2D eigenvalue weighted by Gasteiger charge is 2.49. The fourth-order valence-electron chi connectivity index (χ4n) is 5.45. The van der Waals surface area contributed by atoms with Crippen molar-refractivity contribution in [3.8, 4) is 0 Å². The van der Waals surface area contributed by atoms with E-state index in [0.29, 0.717) is 12.0 Å². The number of esters is 1. The van der Waals surface area contributed by atoms with Gasteiger partial charge in [0.25, 0.3) is 0 Å². The van der Waals surface area contributed by atoms with Crippen LogP contribution in [0.5, 0.6) is 0 Å². The van der Waals surface area contributed by atoms with Crippen molar-refractivity contribution >= 4 is 39.7 Å². The van der Waals surface area contributed by atoms with Crippen molar-refractivity contribution in [2.24, 2.45) is 0 Å². The molecule has 4 heterocycles. The summed E-state index contributed by atoms with van der Waals surface area (Å²) < 4.78 is 11.1. The number of H-pyrrole nitrogens is 1. The third kappa shape index (κ3) is 3.64. The fraction of sp³-hybridized carbons (Fsp3) is 0.321. The molecule has 0 saturated carbocycles. The number of rotatable bonds is 3. The number of fused-ring (bicyclic) bond motifs is 5. The van der Waals surface area contributed by atoms with Gasteiger partial charge in [0.2, 0.25) is 11.8 Å². The molecule has 0 bridgehead atoms. The van der Waals surface area contributed by atoms with Crippen LogP contribution in [0.3, 0.4) is 0 Å². The van der Waals surface area contributed by atoms with Crippen LogP contribution < -0.4 is 5.32 Å². The van der Waals surface area contributed by atoms with Gasteiger partial charge in [0.1, 0.15) is 23.3 Å². The Balaban J connectivity index is 1.46. The first kappa shape index (κ1) is 22.4. The van der Waals surface area contributed by atoms with E-state index in [1.54, 1.807) is 31.9 Å². The molecule has 184 valence electrons. The largest absolute Gasteiger partial charge is 0.464 e. The van der Waals surface area contributed by atoms with E-state index in [-0.39, 0.29) is 18.2 Å². The van der Waals surface area contributed by atoms with Gasteiger partial charge in [-0.2, -0.15) is 0 Å². The van der Waals surface area contributed by atoms with E-state index in [1.165, 1.54) is 0 Å². The minimum Gasteiger partial charge on any atom is -0.464 e. The number of nitrogens with zero attached hydrogens (tertiary/aromatic N) is 1. The van der Waals surface area contributed by atoms with Gasteiger partial charge in [-0.05, 0) is 50.1 Å². The Morgan fingerprint density at radius 3 is 2.75 bits per heavy atom. The fourth-order valence-corrected chi connectivity index (χ4v) is 5.45. The quantitative estimate of drug-likeness (QED) is 0.427. The van der Waals surface area contributed by atoms with Gasteiger partial charge in [0.05, 0.1) is 18.7 Å². The van der Waals surface area contributed by atoms with Crippen LogP contribution in [0, 0.1) is 0 Å². The maximum atomic E-state index is 13.9. The smallest absolute Gasteiger partial charge is 0.308 e. The summed E-state index contributed by atoms with van der Waals surface area (Å²) in [5.41, 5.74) is 3.68. The molecule has 2 amide bonds. The molecule has 4 aromatic rings. The Morgan fingerprint density at radius 2 is 1.94 bits per heavy atom. The van der Waals surface area contributed by atoms with E-state index in [1.807, 2.05) is 48.5 Å². The average molecular weight is 486 g/mol. The van der Waals surface area contributed by atoms with E-state index in [4.69, 9.17) is 9.15 Å². The van der Waals surface area contributed by atoms with Crippen molar-refractivity contribution in [1.29, 1.82) is 0 Å². The third-order valence-corrected chi connectivity index (χ3v) is 6.89. The number of amides is 2. The first-order valence-electron chi connectivity index (χ1n) is 12.1. The molecule has 0 spiro atoms. The van der Waals surface area contributed by atoms with Crippen molar-refractivity contribution in [1.82, 2.24) is 15.2 Å². The van der Waals surface area contributed by atoms with Gasteiger partial charge < -0.3 is 24.4 Å². The minimum absolute atomic E-state index is 0.228. The zero-order chi connectivity index (χ0) is 25.2. The summed E-state index contributed by atoms with van der Waals surface area (Å²) in [5.74, 6) is -1.11. The van der Waals surface area contributed by atoms with Crippen molar-refractivity contribution in [3.05, 3.63) is 71.6 Å². The van der Waals surface area contributed by atoms with Gasteiger partial charge >= 0.3 is 5.97 Å². The van der Waals surface area contributed by atoms with Gasteiger partial charge in [0.15, 0.2) is 0 Å². The number of benzene rings is 2. The second-order valence-electron chi connectivity index (χ2n) is 10.5. The molecule has 0 aliphatic carbocycles. The summed E-state index contributed by atoms with van der Waals surface area (Å²) in [6.07, 6.45) is 1.78. The number of aromatic amines is 1. The van der Waals surface area contributed by atoms with Crippen molar-refractivity contribution in [3.63, 3.8) is 0 Å². The Bertz CT molecular complexity index is 1530. The van der Waals surface area contributed by atoms with E-state index in [9.17, 15) is 14.4 Å². The molecule has 3 atom stereocenters. The highest BCUT2D eigenvalue weighted by molar-refractivity contribution is 6.01. The highest BCUT2D eigenvalue weighted by Crippen LogP contribution is 2.43. The SMILES string of the molecule is CC(C)(C)OC(=O)C[C@@H]1NC(=O)[C@H]2Cc3c([nH]c4ccccc34)[C@@H](c3ccc4ccoc4c3)N2C1=O. The number of furan rings is 1. The van der Waals surface area contributed by atoms with Gasteiger partial charge in [0, 0.05) is 28.4 Å². The minimum atomic E-state index is -0.996. The van der Waals surface area contributed by atoms with Gasteiger partial charge in [-0.1, -0.05) is 30.3 Å². The first-order valence-corrected chi connectivity index (χ1v) is 12.1. The predicted octanol–water partition coefficient (Wildman–Crippen LogP) is 3.99. The molecule has 2 aromatic heterocycles. The molecule has 2 aliphatic heterocycles. The van der Waals surface area contributed by atoms with Crippen LogP contribution in [0.1, 0.15) is 50.1 Å². The van der Waals surface area contributed by atoms with Crippen molar-refractivity contribution in [2.75, 3.05) is 0 Å². The van der Waals surface area contributed by atoms with E-state index in [2.05, 4.69) is 10.3 Å². The molecule has 0 unspecified atom stereocenters. The maximum absolute atomic E-state index is 13.9. The molecule has 8 heteroatoms. The second-order valence-corrected chi connectivity index (χ2v) is 10.5. The van der Waals surface area contributed by atoms with Gasteiger partial charge in [-0.15, -0.1) is 0 Å². The van der Waals surface area contributed by atoms with E-state index < -0.39 is 29.7 Å². The molecule has 2 aliphatic rings. The number of nitrogens with one attached hydrogen (secondary N) is 2. The first-order chi connectivity index (χ1) is 17.2. The standard InChI is InChI=1S/C28H27N3O5/c1-28(2,3)36-23(32)14-20-27(34)31-21(26(33)30-20)13-18-17-6-4-5-7-19(17)29-24(18)25(31)16-9-8-15-10-11-35-22(15)12-16/h4-12,20-21,25,29H,13-14H2,1-3H3,(H,30,33)/t20-,21+,25+/m0/s1. The number of carbonyl (C=O) groups excluding carboxylic acids is 3. The summed E-state index contributed by atoms with van der Waals surface area (Å²) in [6.45, 7) is 5.31. The molecule has 1 fully saturated rings. The average Bonchev–Trinajstić information content (AvgIpc) is 3.43. The van der Waals surface area contributed by atoms with E-state index >= 15 is 0 Å². The van der Waals surface area contributed by atoms with Crippen LogP contribution in [0.4, 0.5) is 0 Å². The predicted molar refractivity (Wildman–Crippen MR) is 133 cm³/mol. The van der Waals surface area contributed by atoms with Crippen LogP contribution in [0.25, 0.3) is 21.9 Å². The van der Waals surface area contributed by atoms with Crippen molar-refractivity contribution in [2.45, 2.75) is 57.3 Å². The number of aromatic nitrogens is 1. The zero-order valence-corrected chi connectivity index (χ0v) is 20.3. The highest BCUT2D eigenvalue weighted by atomic mass is 16.6. The van der Waals surface area contributed by atoms with Gasteiger partial charge in [-0.25, -0.2) is 0 Å². The van der Waals surface area contributed by atoms with Crippen LogP contribution in [-0.2, 0) is 25.5 Å². The Kier molecular flexibility index (Phi) is 4.96. The normalized spacial score (nSPS) is 21.9. The topological polar surface area (TPSA) is 105 Å². The van der Waals surface area contributed by atoms with Crippen molar-refractivity contribution < 1.29 is 23.5 Å². The lowest BCUT2D eigenvalue weighted by atomic mass is 9.85. The lowest BCUT2D eigenvalue weighted by Crippen LogP contribution is -2.66. The summed E-state index contributed by atoms with van der Waals surface area (Å²) in [5, 5.41) is 4.78. The molecular formula is C28H27N3O5. The monoisotopic (exact) mass is 485 g/mol. The van der Waals surface area contributed by atoms with Crippen LogP contribution in [0.2, 0.25) is 0 Å². The van der Waals surface area contributed by atoms with Crippen LogP contribution in [-0.4, -0.2) is 45.4 Å². The number of carbonyl (C=O) groups is 3. The Labute approximate surface area is 207 Å². The number of hydrogen-bond donors (Lipinski definition) is 2. The lowest BCUT2D eigenvalue weighted by molar-refractivity contribution is -0.161. The number of hydrogen-bond acceptors (Lipinski definition) is 5.